The van der Waals surface area contributed by atoms with Gasteiger partial charge in [0.1, 0.15) is 5.75 Å². The minimum Gasteiger partial charge on any atom is -0.494 e. The van der Waals surface area contributed by atoms with E-state index in [0.29, 0.717) is 18.1 Å². The van der Waals surface area contributed by atoms with Crippen molar-refractivity contribution in [3.8, 4) is 5.75 Å². The smallest absolute Gasteiger partial charge is 0.254 e. The maximum atomic E-state index is 12.6. The van der Waals surface area contributed by atoms with Crippen molar-refractivity contribution in [1.29, 1.82) is 0 Å². The molecule has 0 aliphatic carbocycles. The van der Waals surface area contributed by atoms with Crippen LogP contribution in [-0.4, -0.2) is 36.9 Å². The molecule has 0 heterocycles. The molecular weight excluding hydrogens is 364 g/mol. The van der Waals surface area contributed by atoms with Crippen molar-refractivity contribution in [3.63, 3.8) is 0 Å². The zero-order chi connectivity index (χ0) is 21.6. The summed E-state index contributed by atoms with van der Waals surface area (Å²) >= 11 is 0. The van der Waals surface area contributed by atoms with Gasteiger partial charge in [0.25, 0.3) is 5.91 Å². The van der Waals surface area contributed by atoms with Crippen molar-refractivity contribution in [3.05, 3.63) is 58.7 Å². The van der Waals surface area contributed by atoms with E-state index in [4.69, 9.17) is 4.74 Å². The second kappa shape index (κ2) is 10.1. The van der Waals surface area contributed by atoms with E-state index in [1.165, 1.54) is 4.90 Å². The Morgan fingerprint density at radius 3 is 2.17 bits per heavy atom. The molecule has 2 amide bonds. The van der Waals surface area contributed by atoms with Crippen LogP contribution in [0.4, 0.5) is 5.69 Å². The molecule has 5 heteroatoms. The summed E-state index contributed by atoms with van der Waals surface area (Å²) in [6, 6.07) is 11.1. The molecule has 0 aliphatic rings. The predicted octanol–water partition coefficient (Wildman–Crippen LogP) is 4.75. The van der Waals surface area contributed by atoms with Crippen LogP contribution in [0.3, 0.4) is 0 Å². The van der Waals surface area contributed by atoms with Crippen LogP contribution >= 0.6 is 0 Å². The molecule has 0 aliphatic heterocycles. The summed E-state index contributed by atoms with van der Waals surface area (Å²) in [6.07, 6.45) is 0.985. The fourth-order valence-corrected chi connectivity index (χ4v) is 3.17. The molecule has 0 atom stereocenters. The standard InChI is InChI=1S/C24H32N2O3/c1-16(2)11-12-29-21-9-7-20(8-10-21)24(28)26(6)15-22(27)25-23-18(4)13-17(3)14-19(23)5/h7-10,13-14,16H,11-12,15H2,1-6H3,(H,25,27). The Hall–Kier alpha value is -2.82. The van der Waals surface area contributed by atoms with Crippen molar-refractivity contribution in [2.75, 3.05) is 25.5 Å². The van der Waals surface area contributed by atoms with Gasteiger partial charge in [0.15, 0.2) is 0 Å². The van der Waals surface area contributed by atoms with Crippen LogP contribution in [-0.2, 0) is 4.79 Å². The zero-order valence-corrected chi connectivity index (χ0v) is 18.3. The number of hydrogen-bond donors (Lipinski definition) is 1. The number of rotatable bonds is 8. The number of aryl methyl sites for hydroxylation is 3. The molecule has 0 bridgehead atoms. The number of carbonyl (C=O) groups is 2. The molecule has 2 rings (SSSR count). The third-order valence-electron chi connectivity index (χ3n) is 4.73. The average Bonchev–Trinajstić information content (AvgIpc) is 2.64. The maximum absolute atomic E-state index is 12.6. The number of amides is 2. The normalized spacial score (nSPS) is 10.7. The van der Waals surface area contributed by atoms with Crippen LogP contribution < -0.4 is 10.1 Å². The van der Waals surface area contributed by atoms with E-state index in [-0.39, 0.29) is 18.4 Å². The van der Waals surface area contributed by atoms with Gasteiger partial charge in [-0.15, -0.1) is 0 Å². The number of hydrogen-bond acceptors (Lipinski definition) is 3. The molecule has 1 N–H and O–H groups in total. The molecule has 2 aromatic carbocycles. The summed E-state index contributed by atoms with van der Waals surface area (Å²) < 4.78 is 5.68. The Bertz CT molecular complexity index is 834. The lowest BCUT2D eigenvalue weighted by Gasteiger charge is -2.19. The largest absolute Gasteiger partial charge is 0.494 e. The summed E-state index contributed by atoms with van der Waals surface area (Å²) in [5.74, 6) is 0.909. The van der Waals surface area contributed by atoms with Crippen LogP contribution in [0.15, 0.2) is 36.4 Å². The highest BCUT2D eigenvalue weighted by atomic mass is 16.5. The van der Waals surface area contributed by atoms with E-state index >= 15 is 0 Å². The summed E-state index contributed by atoms with van der Waals surface area (Å²) in [5.41, 5.74) is 4.52. The lowest BCUT2D eigenvalue weighted by molar-refractivity contribution is -0.116. The molecule has 0 radical (unpaired) electrons. The molecular formula is C24H32N2O3. The average molecular weight is 397 g/mol. The summed E-state index contributed by atoms with van der Waals surface area (Å²) in [5, 5.41) is 2.93. The van der Waals surface area contributed by atoms with Gasteiger partial charge in [0, 0.05) is 18.3 Å². The molecule has 0 unspecified atom stereocenters. The zero-order valence-electron chi connectivity index (χ0n) is 18.3. The van der Waals surface area contributed by atoms with Gasteiger partial charge < -0.3 is 15.0 Å². The SMILES string of the molecule is Cc1cc(C)c(NC(=O)CN(C)C(=O)c2ccc(OCCC(C)C)cc2)c(C)c1. The van der Waals surface area contributed by atoms with Gasteiger partial charge in [0.2, 0.25) is 5.91 Å². The molecule has 0 aromatic heterocycles. The monoisotopic (exact) mass is 396 g/mol. The van der Waals surface area contributed by atoms with Crippen molar-refractivity contribution in [1.82, 2.24) is 4.90 Å². The number of benzene rings is 2. The first-order valence-corrected chi connectivity index (χ1v) is 10.0. The van der Waals surface area contributed by atoms with E-state index in [1.54, 1.807) is 31.3 Å². The third kappa shape index (κ3) is 6.63. The van der Waals surface area contributed by atoms with Crippen LogP contribution in [0.25, 0.3) is 0 Å². The fourth-order valence-electron chi connectivity index (χ4n) is 3.17. The van der Waals surface area contributed by atoms with Gasteiger partial charge in [-0.05, 0) is 68.5 Å². The number of nitrogens with zero attached hydrogens (tertiary/aromatic N) is 1. The first-order chi connectivity index (χ1) is 13.7. The lowest BCUT2D eigenvalue weighted by Crippen LogP contribution is -2.35. The molecule has 156 valence electrons. The number of ether oxygens (including phenoxy) is 1. The minimum atomic E-state index is -0.218. The van der Waals surface area contributed by atoms with E-state index in [0.717, 1.165) is 34.5 Å². The Morgan fingerprint density at radius 2 is 1.62 bits per heavy atom. The highest BCUT2D eigenvalue weighted by molar-refractivity contribution is 5.99. The van der Waals surface area contributed by atoms with Crippen LogP contribution in [0.2, 0.25) is 0 Å². The van der Waals surface area contributed by atoms with Crippen molar-refractivity contribution in [2.45, 2.75) is 41.0 Å². The number of carbonyl (C=O) groups excluding carboxylic acids is 2. The number of anilines is 1. The van der Waals surface area contributed by atoms with Crippen molar-refractivity contribution in [2.24, 2.45) is 5.92 Å². The maximum Gasteiger partial charge on any atom is 0.254 e. The molecule has 0 saturated heterocycles. The first-order valence-electron chi connectivity index (χ1n) is 10.0. The van der Waals surface area contributed by atoms with Crippen LogP contribution in [0, 0.1) is 26.7 Å². The molecule has 0 saturated carbocycles. The van der Waals surface area contributed by atoms with Crippen LogP contribution in [0.5, 0.6) is 5.75 Å². The van der Waals surface area contributed by atoms with Gasteiger partial charge >= 0.3 is 0 Å². The first kappa shape index (κ1) is 22.5. The minimum absolute atomic E-state index is 0.0156. The quantitative estimate of drug-likeness (QED) is 0.701. The second-order valence-electron chi connectivity index (χ2n) is 8.04. The van der Waals surface area contributed by atoms with Crippen molar-refractivity contribution >= 4 is 17.5 Å². The molecule has 0 fully saturated rings. The lowest BCUT2D eigenvalue weighted by atomic mass is 10.1. The van der Waals surface area contributed by atoms with E-state index in [1.807, 2.05) is 32.9 Å². The molecule has 5 nitrogen and oxygen atoms in total. The van der Waals surface area contributed by atoms with E-state index in [9.17, 15) is 9.59 Å². The van der Waals surface area contributed by atoms with E-state index < -0.39 is 0 Å². The Labute approximate surface area is 174 Å². The summed E-state index contributed by atoms with van der Waals surface area (Å²) in [6.45, 7) is 10.9. The highest BCUT2D eigenvalue weighted by Gasteiger charge is 2.16. The number of nitrogens with one attached hydrogen (secondary N) is 1. The Balaban J connectivity index is 1.93. The van der Waals surface area contributed by atoms with Gasteiger partial charge in [-0.1, -0.05) is 31.5 Å². The van der Waals surface area contributed by atoms with Gasteiger partial charge in [-0.25, -0.2) is 0 Å². The van der Waals surface area contributed by atoms with Crippen LogP contribution in [0.1, 0.15) is 47.3 Å². The second-order valence-corrected chi connectivity index (χ2v) is 8.04. The Morgan fingerprint density at radius 1 is 1.03 bits per heavy atom. The summed E-state index contributed by atoms with van der Waals surface area (Å²) in [7, 11) is 1.63. The van der Waals surface area contributed by atoms with Gasteiger partial charge in [-0.3, -0.25) is 9.59 Å². The topological polar surface area (TPSA) is 58.6 Å². The highest BCUT2D eigenvalue weighted by Crippen LogP contribution is 2.22. The van der Waals surface area contributed by atoms with E-state index in [2.05, 4.69) is 19.2 Å². The van der Waals surface area contributed by atoms with Gasteiger partial charge in [0.05, 0.1) is 13.2 Å². The van der Waals surface area contributed by atoms with Gasteiger partial charge in [-0.2, -0.15) is 0 Å². The molecule has 29 heavy (non-hydrogen) atoms. The Kier molecular flexibility index (Phi) is 7.82. The van der Waals surface area contributed by atoms with Crippen molar-refractivity contribution < 1.29 is 14.3 Å². The third-order valence-corrected chi connectivity index (χ3v) is 4.73. The molecule has 2 aromatic rings. The number of likely N-dealkylation sites (N-methyl/N-ethyl adjacent to an activating group) is 1. The molecule has 0 spiro atoms. The fraction of sp³-hybridized carbons (Fsp3) is 0.417. The summed E-state index contributed by atoms with van der Waals surface area (Å²) in [4.78, 5) is 26.5. The predicted molar refractivity (Wildman–Crippen MR) is 118 cm³/mol.